The maximum absolute atomic E-state index is 11.6. The molecule has 1 fully saturated rings. The van der Waals surface area contributed by atoms with Gasteiger partial charge in [-0.15, -0.1) is 0 Å². The Bertz CT molecular complexity index is 352. The van der Waals surface area contributed by atoms with Gasteiger partial charge in [-0.25, -0.2) is 9.59 Å². The second-order valence-corrected chi connectivity index (χ2v) is 4.68. The van der Waals surface area contributed by atoms with Crippen LogP contribution >= 0.6 is 0 Å². The topological polar surface area (TPSA) is 142 Å². The van der Waals surface area contributed by atoms with Crippen LogP contribution in [0.1, 0.15) is 32.1 Å². The number of carbonyl (C=O) groups excluding carboxylic acids is 2. The van der Waals surface area contributed by atoms with Crippen molar-refractivity contribution >= 4 is 17.9 Å². The smallest absolute Gasteiger partial charge is 0.326 e. The highest BCUT2D eigenvalue weighted by Crippen LogP contribution is 2.18. The predicted molar refractivity (Wildman–Crippen MR) is 65.2 cm³/mol. The summed E-state index contributed by atoms with van der Waals surface area (Å²) in [6, 6.07) is -2.06. The lowest BCUT2D eigenvalue weighted by molar-refractivity contribution is -0.140. The summed E-state index contributed by atoms with van der Waals surface area (Å²) in [5.74, 6) is -2.11. The highest BCUT2D eigenvalue weighted by atomic mass is 16.4. The number of carboxylic acid groups (broad SMARTS) is 1. The monoisotopic (exact) mass is 273 g/mol. The fourth-order valence-electron chi connectivity index (χ4n) is 2.01. The lowest BCUT2D eigenvalue weighted by Gasteiger charge is -2.26. The Hall–Kier alpha value is -1.83. The van der Waals surface area contributed by atoms with Crippen LogP contribution in [0.15, 0.2) is 0 Å². The van der Waals surface area contributed by atoms with E-state index in [1.54, 1.807) is 0 Å². The van der Waals surface area contributed by atoms with Gasteiger partial charge in [0.2, 0.25) is 5.91 Å². The van der Waals surface area contributed by atoms with Crippen molar-refractivity contribution in [2.24, 2.45) is 5.73 Å². The predicted octanol–water partition coefficient (Wildman–Crippen LogP) is -1.08. The van der Waals surface area contributed by atoms with E-state index in [0.717, 1.165) is 0 Å². The molecule has 0 aromatic heterocycles. The van der Waals surface area contributed by atoms with Crippen LogP contribution in [0.3, 0.4) is 0 Å². The molecule has 1 atom stereocenters. The summed E-state index contributed by atoms with van der Waals surface area (Å²) in [5.41, 5.74) is 4.90. The molecule has 1 aliphatic carbocycles. The first kappa shape index (κ1) is 15.2. The van der Waals surface area contributed by atoms with Crippen LogP contribution in [0.4, 0.5) is 4.79 Å². The maximum atomic E-state index is 11.6. The number of hydrogen-bond donors (Lipinski definition) is 5. The normalized spacial score (nSPS) is 24.3. The number of amides is 3. The Balaban J connectivity index is 2.40. The Morgan fingerprint density at radius 1 is 1.21 bits per heavy atom. The number of urea groups is 1. The second-order valence-electron chi connectivity index (χ2n) is 4.68. The molecule has 0 spiro atoms. The van der Waals surface area contributed by atoms with Crippen LogP contribution < -0.4 is 16.4 Å². The molecule has 1 aliphatic rings. The van der Waals surface area contributed by atoms with Gasteiger partial charge in [0.15, 0.2) is 0 Å². The number of primary amides is 1. The standard InChI is InChI=1S/C11H19N3O5/c12-9(16)5-8(10(17)18)14-11(19)13-6-1-3-7(15)4-2-6/h6-8,15H,1-5H2,(H2,12,16)(H,17,18)(H2,13,14,19)/t6?,7?,8-/m0/s1. The van der Waals surface area contributed by atoms with Crippen LogP contribution in [-0.4, -0.2) is 46.3 Å². The molecule has 0 bridgehead atoms. The van der Waals surface area contributed by atoms with Crippen molar-refractivity contribution in [1.29, 1.82) is 0 Å². The summed E-state index contributed by atoms with van der Waals surface area (Å²) in [7, 11) is 0. The molecular formula is C11H19N3O5. The van der Waals surface area contributed by atoms with E-state index in [2.05, 4.69) is 10.6 Å². The molecule has 0 aromatic carbocycles. The average molecular weight is 273 g/mol. The summed E-state index contributed by atoms with van der Waals surface area (Å²) >= 11 is 0. The molecule has 3 amide bonds. The lowest BCUT2D eigenvalue weighted by Crippen LogP contribution is -2.50. The van der Waals surface area contributed by atoms with Crippen molar-refractivity contribution in [1.82, 2.24) is 10.6 Å². The van der Waals surface area contributed by atoms with Crippen molar-refractivity contribution < 1.29 is 24.6 Å². The lowest BCUT2D eigenvalue weighted by atomic mass is 9.93. The minimum atomic E-state index is -1.33. The zero-order valence-corrected chi connectivity index (χ0v) is 10.5. The first-order valence-corrected chi connectivity index (χ1v) is 6.14. The molecule has 19 heavy (non-hydrogen) atoms. The van der Waals surface area contributed by atoms with E-state index in [4.69, 9.17) is 10.8 Å². The van der Waals surface area contributed by atoms with Crippen LogP contribution in [-0.2, 0) is 9.59 Å². The Morgan fingerprint density at radius 2 is 1.79 bits per heavy atom. The number of nitrogens with two attached hydrogens (primary N) is 1. The van der Waals surface area contributed by atoms with Gasteiger partial charge in [-0.1, -0.05) is 0 Å². The van der Waals surface area contributed by atoms with Gasteiger partial charge in [0.05, 0.1) is 12.5 Å². The Morgan fingerprint density at radius 3 is 2.26 bits per heavy atom. The third kappa shape index (κ3) is 5.56. The minimum Gasteiger partial charge on any atom is -0.480 e. The van der Waals surface area contributed by atoms with Gasteiger partial charge in [-0.3, -0.25) is 4.79 Å². The number of carbonyl (C=O) groups is 3. The quantitative estimate of drug-likeness (QED) is 0.433. The molecule has 0 saturated heterocycles. The summed E-state index contributed by atoms with van der Waals surface area (Å²) in [6.45, 7) is 0. The van der Waals surface area contributed by atoms with Crippen LogP contribution in [0.2, 0.25) is 0 Å². The molecule has 0 heterocycles. The van der Waals surface area contributed by atoms with E-state index < -0.39 is 30.4 Å². The first-order valence-electron chi connectivity index (χ1n) is 6.14. The first-order chi connectivity index (χ1) is 8.88. The second kappa shape index (κ2) is 6.93. The van der Waals surface area contributed by atoms with E-state index in [0.29, 0.717) is 25.7 Å². The van der Waals surface area contributed by atoms with Gasteiger partial charge < -0.3 is 26.6 Å². The third-order valence-electron chi connectivity index (χ3n) is 3.04. The average Bonchev–Trinajstić information content (AvgIpc) is 2.30. The molecule has 0 unspecified atom stereocenters. The van der Waals surface area contributed by atoms with Crippen molar-refractivity contribution in [3.63, 3.8) is 0 Å². The highest BCUT2D eigenvalue weighted by molar-refractivity contribution is 5.87. The van der Waals surface area contributed by atoms with Crippen molar-refractivity contribution in [3.8, 4) is 0 Å². The number of rotatable bonds is 5. The van der Waals surface area contributed by atoms with E-state index in [9.17, 15) is 19.5 Å². The summed E-state index contributed by atoms with van der Waals surface area (Å²) in [5, 5.41) is 23.0. The van der Waals surface area contributed by atoms with Crippen molar-refractivity contribution in [2.45, 2.75) is 50.3 Å². The molecule has 0 aromatic rings. The van der Waals surface area contributed by atoms with E-state index in [1.807, 2.05) is 0 Å². The number of carboxylic acids is 1. The SMILES string of the molecule is NC(=O)C[C@H](NC(=O)NC1CCC(O)CC1)C(=O)O. The summed E-state index contributed by atoms with van der Waals surface area (Å²) in [6.07, 6.45) is 1.71. The van der Waals surface area contributed by atoms with Crippen LogP contribution in [0.5, 0.6) is 0 Å². The Kier molecular flexibility index (Phi) is 5.56. The summed E-state index contributed by atoms with van der Waals surface area (Å²) < 4.78 is 0. The number of aliphatic carboxylic acids is 1. The van der Waals surface area contributed by atoms with E-state index in [1.165, 1.54) is 0 Å². The molecule has 0 aliphatic heterocycles. The zero-order valence-electron chi connectivity index (χ0n) is 10.5. The molecule has 1 rings (SSSR count). The summed E-state index contributed by atoms with van der Waals surface area (Å²) in [4.78, 5) is 33.1. The number of aliphatic hydroxyl groups is 1. The number of aliphatic hydroxyl groups excluding tert-OH is 1. The molecule has 1 saturated carbocycles. The Labute approximate surface area is 110 Å². The minimum absolute atomic E-state index is 0.0913. The molecule has 8 nitrogen and oxygen atoms in total. The molecule has 6 N–H and O–H groups in total. The van der Waals surface area contributed by atoms with Gasteiger partial charge in [-0.2, -0.15) is 0 Å². The maximum Gasteiger partial charge on any atom is 0.326 e. The van der Waals surface area contributed by atoms with E-state index >= 15 is 0 Å². The fourth-order valence-corrected chi connectivity index (χ4v) is 2.01. The van der Waals surface area contributed by atoms with Gasteiger partial charge in [0.1, 0.15) is 6.04 Å². The van der Waals surface area contributed by atoms with Crippen molar-refractivity contribution in [2.75, 3.05) is 0 Å². The molecule has 0 radical (unpaired) electrons. The largest absolute Gasteiger partial charge is 0.480 e. The molecule has 8 heteroatoms. The van der Waals surface area contributed by atoms with Gasteiger partial charge >= 0.3 is 12.0 Å². The van der Waals surface area contributed by atoms with E-state index in [-0.39, 0.29) is 12.1 Å². The highest BCUT2D eigenvalue weighted by Gasteiger charge is 2.25. The van der Waals surface area contributed by atoms with Gasteiger partial charge in [0, 0.05) is 6.04 Å². The fraction of sp³-hybridized carbons (Fsp3) is 0.727. The van der Waals surface area contributed by atoms with Crippen molar-refractivity contribution in [3.05, 3.63) is 0 Å². The zero-order chi connectivity index (χ0) is 14.4. The third-order valence-corrected chi connectivity index (χ3v) is 3.04. The van der Waals surface area contributed by atoms with Crippen LogP contribution in [0.25, 0.3) is 0 Å². The molecular weight excluding hydrogens is 254 g/mol. The number of nitrogens with one attached hydrogen (secondary N) is 2. The van der Waals surface area contributed by atoms with Gasteiger partial charge in [-0.05, 0) is 25.7 Å². The molecule has 108 valence electrons. The van der Waals surface area contributed by atoms with Crippen LogP contribution in [0, 0.1) is 0 Å². The number of hydrogen-bond acceptors (Lipinski definition) is 4. The van der Waals surface area contributed by atoms with Gasteiger partial charge in [0.25, 0.3) is 0 Å².